The zero-order valence-corrected chi connectivity index (χ0v) is 18.2. The van der Waals surface area contributed by atoms with E-state index in [9.17, 15) is 9.59 Å². The van der Waals surface area contributed by atoms with Gasteiger partial charge in [-0.3, -0.25) is 4.79 Å². The fourth-order valence-electron chi connectivity index (χ4n) is 3.80. The molecule has 5 nitrogen and oxygen atoms in total. The van der Waals surface area contributed by atoms with Crippen molar-refractivity contribution >= 4 is 22.8 Å². The third-order valence-electron chi connectivity index (χ3n) is 5.46. The SMILES string of the molecule is C/C=C(\C)C(=O)c1c2c(c3oc(=O)cc(-c4ccccc4)c3c1OC)C=CC(C)(C)O2. The van der Waals surface area contributed by atoms with Gasteiger partial charge < -0.3 is 13.9 Å². The highest BCUT2D eigenvalue weighted by Crippen LogP contribution is 2.48. The smallest absolute Gasteiger partial charge is 0.336 e. The van der Waals surface area contributed by atoms with Crippen molar-refractivity contribution in [3.8, 4) is 22.6 Å². The van der Waals surface area contributed by atoms with E-state index >= 15 is 0 Å². The van der Waals surface area contributed by atoms with Crippen molar-refractivity contribution < 1.29 is 18.7 Å². The number of ether oxygens (including phenoxy) is 2. The van der Waals surface area contributed by atoms with E-state index in [2.05, 4.69) is 0 Å². The van der Waals surface area contributed by atoms with Gasteiger partial charge in [0, 0.05) is 11.6 Å². The lowest BCUT2D eigenvalue weighted by Crippen LogP contribution is -2.29. The normalized spacial score (nSPS) is 14.8. The average Bonchev–Trinajstić information content (AvgIpc) is 2.76. The molecule has 4 rings (SSSR count). The Bertz CT molecular complexity index is 1310. The zero-order valence-electron chi connectivity index (χ0n) is 18.2. The largest absolute Gasteiger partial charge is 0.495 e. The van der Waals surface area contributed by atoms with Gasteiger partial charge in [0.15, 0.2) is 11.4 Å². The maximum absolute atomic E-state index is 13.5. The number of benzene rings is 2. The van der Waals surface area contributed by atoms with Crippen LogP contribution in [0.15, 0.2) is 63.3 Å². The van der Waals surface area contributed by atoms with Crippen LogP contribution in [0.1, 0.15) is 43.6 Å². The van der Waals surface area contributed by atoms with E-state index in [1.165, 1.54) is 13.2 Å². The van der Waals surface area contributed by atoms with Gasteiger partial charge in [-0.15, -0.1) is 0 Å². The molecule has 158 valence electrons. The molecule has 0 unspecified atom stereocenters. The molecule has 31 heavy (non-hydrogen) atoms. The lowest BCUT2D eigenvalue weighted by Gasteiger charge is -2.30. The number of allylic oxidation sites excluding steroid dienone is 2. The first-order valence-corrected chi connectivity index (χ1v) is 10.1. The molecule has 0 bridgehead atoms. The number of carbonyl (C=O) groups excluding carboxylic acids is 1. The molecule has 0 saturated carbocycles. The van der Waals surface area contributed by atoms with Crippen molar-refractivity contribution in [1.82, 2.24) is 0 Å². The van der Waals surface area contributed by atoms with Gasteiger partial charge in [-0.1, -0.05) is 36.4 Å². The molecule has 0 atom stereocenters. The maximum atomic E-state index is 13.5. The summed E-state index contributed by atoms with van der Waals surface area (Å²) in [6.07, 6.45) is 5.48. The second-order valence-electron chi connectivity index (χ2n) is 8.04. The van der Waals surface area contributed by atoms with Gasteiger partial charge in [0.1, 0.15) is 22.7 Å². The van der Waals surface area contributed by atoms with E-state index in [0.29, 0.717) is 44.7 Å². The first-order valence-electron chi connectivity index (χ1n) is 10.1. The second-order valence-corrected chi connectivity index (χ2v) is 8.04. The minimum absolute atomic E-state index is 0.200. The van der Waals surface area contributed by atoms with Crippen LogP contribution in [0.4, 0.5) is 0 Å². The van der Waals surface area contributed by atoms with Crippen LogP contribution in [0.5, 0.6) is 11.5 Å². The van der Waals surface area contributed by atoms with E-state index in [4.69, 9.17) is 13.9 Å². The van der Waals surface area contributed by atoms with Crippen molar-refractivity contribution in [3.63, 3.8) is 0 Å². The zero-order chi connectivity index (χ0) is 22.3. The van der Waals surface area contributed by atoms with E-state index in [-0.39, 0.29) is 5.78 Å². The van der Waals surface area contributed by atoms with Crippen LogP contribution in [0, 0.1) is 0 Å². The van der Waals surface area contributed by atoms with Crippen molar-refractivity contribution in [2.45, 2.75) is 33.3 Å². The van der Waals surface area contributed by atoms with Crippen molar-refractivity contribution in [1.29, 1.82) is 0 Å². The maximum Gasteiger partial charge on any atom is 0.336 e. The van der Waals surface area contributed by atoms with Crippen LogP contribution in [0.3, 0.4) is 0 Å². The van der Waals surface area contributed by atoms with Gasteiger partial charge in [0.2, 0.25) is 0 Å². The van der Waals surface area contributed by atoms with E-state index in [1.807, 2.05) is 63.3 Å². The molecule has 0 radical (unpaired) electrons. The minimum atomic E-state index is -0.637. The molecule has 1 aliphatic rings. The summed E-state index contributed by atoms with van der Waals surface area (Å²) in [4.78, 5) is 26.0. The highest BCUT2D eigenvalue weighted by molar-refractivity contribution is 6.18. The van der Waals surface area contributed by atoms with E-state index < -0.39 is 11.2 Å². The standard InChI is InChI=1S/C26H24O5/c1-6-15(2)22(28)21-24-17(12-13-26(3,4)31-24)23-20(25(21)29-5)18(14-19(27)30-23)16-10-8-7-9-11-16/h6-14H,1-5H3/b15-6+. The molecule has 2 heterocycles. The van der Waals surface area contributed by atoms with Gasteiger partial charge in [0.25, 0.3) is 0 Å². The minimum Gasteiger partial charge on any atom is -0.495 e. The van der Waals surface area contributed by atoms with Crippen molar-refractivity contribution in [3.05, 3.63) is 75.7 Å². The summed E-state index contributed by atoms with van der Waals surface area (Å²) in [5.41, 5.74) is 2.10. The van der Waals surface area contributed by atoms with Gasteiger partial charge >= 0.3 is 5.63 Å². The molecule has 0 amide bonds. The lowest BCUT2D eigenvalue weighted by atomic mass is 9.90. The summed E-state index contributed by atoms with van der Waals surface area (Å²) in [5.74, 6) is 0.485. The number of fused-ring (bicyclic) bond motifs is 3. The van der Waals surface area contributed by atoms with Crippen molar-refractivity contribution in [2.75, 3.05) is 7.11 Å². The van der Waals surface area contributed by atoms with E-state index in [1.54, 1.807) is 13.0 Å². The Morgan fingerprint density at radius 2 is 1.87 bits per heavy atom. The number of hydrogen-bond acceptors (Lipinski definition) is 5. The highest BCUT2D eigenvalue weighted by atomic mass is 16.5. The molecule has 0 saturated heterocycles. The Morgan fingerprint density at radius 3 is 2.52 bits per heavy atom. The third-order valence-corrected chi connectivity index (χ3v) is 5.46. The average molecular weight is 416 g/mol. The summed E-state index contributed by atoms with van der Waals surface area (Å²) < 4.78 is 17.7. The van der Waals surface area contributed by atoms with E-state index in [0.717, 1.165) is 5.56 Å². The van der Waals surface area contributed by atoms with Crippen LogP contribution < -0.4 is 15.1 Å². The number of methoxy groups -OCH3 is 1. The van der Waals surface area contributed by atoms with Crippen LogP contribution in [0.2, 0.25) is 0 Å². The molecule has 1 aliphatic heterocycles. The van der Waals surface area contributed by atoms with Crippen molar-refractivity contribution in [2.24, 2.45) is 0 Å². The molecule has 0 aliphatic carbocycles. The van der Waals surface area contributed by atoms with Crippen LogP contribution >= 0.6 is 0 Å². The summed E-state index contributed by atoms with van der Waals surface area (Å²) >= 11 is 0. The quantitative estimate of drug-likeness (QED) is 0.305. The molecule has 5 heteroatoms. The van der Waals surface area contributed by atoms with Crippen LogP contribution in [-0.2, 0) is 0 Å². The number of Topliss-reactive ketones (excluding diaryl/α,β-unsaturated/α-hetero) is 1. The fraction of sp³-hybridized carbons (Fsp3) is 0.231. The Kier molecular flexibility index (Phi) is 5.05. The Labute approximate surface area is 180 Å². The molecule has 1 aromatic heterocycles. The number of ketones is 1. The molecule has 2 aromatic carbocycles. The Morgan fingerprint density at radius 1 is 1.16 bits per heavy atom. The molecule has 0 spiro atoms. The Balaban J connectivity index is 2.24. The molecule has 0 fully saturated rings. The number of rotatable bonds is 4. The van der Waals surface area contributed by atoms with Gasteiger partial charge in [-0.2, -0.15) is 0 Å². The number of carbonyl (C=O) groups is 1. The third kappa shape index (κ3) is 3.46. The Hall–Kier alpha value is -3.60. The molecule has 0 N–H and O–H groups in total. The van der Waals surface area contributed by atoms with Gasteiger partial charge in [-0.25, -0.2) is 4.79 Å². The molecular formula is C26H24O5. The van der Waals surface area contributed by atoms with Gasteiger partial charge in [0.05, 0.1) is 18.1 Å². The fourth-order valence-corrected chi connectivity index (χ4v) is 3.80. The summed E-state index contributed by atoms with van der Waals surface area (Å²) in [7, 11) is 1.51. The predicted octanol–water partition coefficient (Wildman–Crippen LogP) is 5.80. The topological polar surface area (TPSA) is 65.7 Å². The first-order chi connectivity index (χ1) is 14.8. The van der Waals surface area contributed by atoms with Crippen LogP contribution in [0.25, 0.3) is 28.2 Å². The van der Waals surface area contributed by atoms with Crippen LogP contribution in [-0.4, -0.2) is 18.5 Å². The monoisotopic (exact) mass is 416 g/mol. The first kappa shape index (κ1) is 20.7. The summed E-state index contributed by atoms with van der Waals surface area (Å²) in [5, 5.41) is 0.562. The van der Waals surface area contributed by atoms with Gasteiger partial charge in [-0.05, 0) is 51.0 Å². The highest BCUT2D eigenvalue weighted by Gasteiger charge is 2.34. The summed E-state index contributed by atoms with van der Waals surface area (Å²) in [6, 6.07) is 10.9. The summed E-state index contributed by atoms with van der Waals surface area (Å²) in [6.45, 7) is 7.37. The molecular weight excluding hydrogens is 392 g/mol. The second kappa shape index (κ2) is 7.58. The predicted molar refractivity (Wildman–Crippen MR) is 122 cm³/mol. The molecule has 3 aromatic rings. The number of hydrogen-bond donors (Lipinski definition) is 0. The lowest BCUT2D eigenvalue weighted by molar-refractivity contribution is 0.101.